The maximum atomic E-state index is 12.0. The Morgan fingerprint density at radius 2 is 2.41 bits per heavy atom. The minimum absolute atomic E-state index is 0.0514. The maximum Gasteiger partial charge on any atom is 0.260 e. The lowest BCUT2D eigenvalue weighted by Gasteiger charge is -2.11. The first-order chi connectivity index (χ1) is 8.00. The zero-order valence-corrected chi connectivity index (χ0v) is 11.8. The SMILES string of the molecule is Cn1nnc(Br)c1S(=O)(=O)NCC1CCCN1. The molecule has 1 aromatic rings. The predicted octanol–water partition coefficient (Wildman–Crippen LogP) is -0.392. The van der Waals surface area contributed by atoms with Gasteiger partial charge in [0.1, 0.15) is 0 Å². The van der Waals surface area contributed by atoms with Gasteiger partial charge in [-0.3, -0.25) is 0 Å². The number of rotatable bonds is 4. The zero-order chi connectivity index (χ0) is 12.5. The van der Waals surface area contributed by atoms with Crippen LogP contribution in [0.3, 0.4) is 0 Å². The fraction of sp³-hybridized carbons (Fsp3) is 0.750. The fourth-order valence-corrected chi connectivity index (χ4v) is 3.99. The molecule has 1 aliphatic rings. The summed E-state index contributed by atoms with van der Waals surface area (Å²) in [5.41, 5.74) is 0. The number of hydrogen-bond acceptors (Lipinski definition) is 5. The van der Waals surface area contributed by atoms with Gasteiger partial charge in [0.25, 0.3) is 10.0 Å². The van der Waals surface area contributed by atoms with Crippen molar-refractivity contribution in [3.05, 3.63) is 4.60 Å². The van der Waals surface area contributed by atoms with E-state index in [9.17, 15) is 8.42 Å². The molecule has 9 heteroatoms. The third kappa shape index (κ3) is 2.84. The molecule has 0 amide bonds. The minimum atomic E-state index is -3.56. The molecule has 0 saturated carbocycles. The van der Waals surface area contributed by atoms with Crippen LogP contribution in [0.15, 0.2) is 9.63 Å². The fourth-order valence-electron chi connectivity index (χ4n) is 1.82. The first kappa shape index (κ1) is 12.9. The van der Waals surface area contributed by atoms with Gasteiger partial charge in [0.15, 0.2) is 4.60 Å². The summed E-state index contributed by atoms with van der Waals surface area (Å²) >= 11 is 3.08. The van der Waals surface area contributed by atoms with Crippen molar-refractivity contribution in [2.75, 3.05) is 13.1 Å². The topological polar surface area (TPSA) is 88.9 Å². The molecule has 0 spiro atoms. The molecule has 2 N–H and O–H groups in total. The number of aromatic nitrogens is 3. The molecule has 17 heavy (non-hydrogen) atoms. The van der Waals surface area contributed by atoms with Crippen LogP contribution in [0, 0.1) is 0 Å². The zero-order valence-electron chi connectivity index (χ0n) is 9.35. The van der Waals surface area contributed by atoms with Gasteiger partial charge in [-0.1, -0.05) is 5.21 Å². The molecular formula is C8H14BrN5O2S. The third-order valence-electron chi connectivity index (χ3n) is 2.67. The van der Waals surface area contributed by atoms with E-state index in [2.05, 4.69) is 36.3 Å². The molecule has 0 aromatic carbocycles. The van der Waals surface area contributed by atoms with Crippen LogP contribution >= 0.6 is 15.9 Å². The predicted molar refractivity (Wildman–Crippen MR) is 64.9 cm³/mol. The van der Waals surface area contributed by atoms with Gasteiger partial charge in [-0.25, -0.2) is 17.8 Å². The van der Waals surface area contributed by atoms with Crippen molar-refractivity contribution in [1.29, 1.82) is 0 Å². The van der Waals surface area contributed by atoms with Crippen molar-refractivity contribution >= 4 is 26.0 Å². The Balaban J connectivity index is 2.08. The average Bonchev–Trinajstić information content (AvgIpc) is 2.86. The number of hydrogen-bond donors (Lipinski definition) is 2. The second-order valence-corrected chi connectivity index (χ2v) is 6.39. The minimum Gasteiger partial charge on any atom is -0.313 e. The molecule has 1 fully saturated rings. The van der Waals surface area contributed by atoms with Crippen molar-refractivity contribution < 1.29 is 8.42 Å². The first-order valence-electron chi connectivity index (χ1n) is 5.29. The largest absolute Gasteiger partial charge is 0.313 e. The Morgan fingerprint density at radius 1 is 1.65 bits per heavy atom. The van der Waals surface area contributed by atoms with E-state index in [1.54, 1.807) is 7.05 Å². The van der Waals surface area contributed by atoms with Crippen LogP contribution in [0.5, 0.6) is 0 Å². The van der Waals surface area contributed by atoms with E-state index in [1.165, 1.54) is 4.68 Å². The molecule has 2 rings (SSSR count). The summed E-state index contributed by atoms with van der Waals surface area (Å²) in [6.45, 7) is 1.34. The van der Waals surface area contributed by atoms with Crippen LogP contribution in [-0.2, 0) is 17.1 Å². The normalized spacial score (nSPS) is 20.9. The van der Waals surface area contributed by atoms with Crippen molar-refractivity contribution in [3.8, 4) is 0 Å². The van der Waals surface area contributed by atoms with Crippen LogP contribution in [-0.4, -0.2) is 42.5 Å². The molecule has 7 nitrogen and oxygen atoms in total. The average molecular weight is 324 g/mol. The van der Waals surface area contributed by atoms with Crippen molar-refractivity contribution in [2.45, 2.75) is 23.9 Å². The third-order valence-corrected chi connectivity index (χ3v) is 4.98. The van der Waals surface area contributed by atoms with E-state index in [0.29, 0.717) is 6.54 Å². The molecule has 0 bridgehead atoms. The molecule has 1 saturated heterocycles. The number of aryl methyl sites for hydroxylation is 1. The van der Waals surface area contributed by atoms with Crippen molar-refractivity contribution in [3.63, 3.8) is 0 Å². The second kappa shape index (κ2) is 5.01. The van der Waals surface area contributed by atoms with E-state index in [1.807, 2.05) is 0 Å². The van der Waals surface area contributed by atoms with Crippen LogP contribution in [0.4, 0.5) is 0 Å². The molecule has 0 radical (unpaired) electrons. The van der Waals surface area contributed by atoms with E-state index >= 15 is 0 Å². The number of halogens is 1. The van der Waals surface area contributed by atoms with Crippen molar-refractivity contribution in [2.24, 2.45) is 7.05 Å². The molecule has 0 aliphatic carbocycles. The molecule has 1 unspecified atom stereocenters. The Morgan fingerprint density at radius 3 is 2.94 bits per heavy atom. The van der Waals surface area contributed by atoms with Gasteiger partial charge >= 0.3 is 0 Å². The molecule has 1 atom stereocenters. The standard InChI is InChI=1S/C8H14BrN5O2S/c1-14-8(7(9)12-13-14)17(15,16)11-5-6-3-2-4-10-6/h6,10-11H,2-5H2,1H3. The van der Waals surface area contributed by atoms with Gasteiger partial charge in [0.05, 0.1) is 0 Å². The highest BCUT2D eigenvalue weighted by atomic mass is 79.9. The van der Waals surface area contributed by atoms with Gasteiger partial charge in [-0.05, 0) is 35.3 Å². The first-order valence-corrected chi connectivity index (χ1v) is 7.56. The Kier molecular flexibility index (Phi) is 3.81. The second-order valence-electron chi connectivity index (χ2n) is 3.95. The lowest BCUT2D eigenvalue weighted by atomic mass is 10.2. The van der Waals surface area contributed by atoms with Gasteiger partial charge < -0.3 is 5.32 Å². The summed E-state index contributed by atoms with van der Waals surface area (Å²) in [5.74, 6) is 0. The van der Waals surface area contributed by atoms with Gasteiger partial charge in [-0.15, -0.1) is 5.10 Å². The lowest BCUT2D eigenvalue weighted by molar-refractivity contribution is 0.538. The van der Waals surface area contributed by atoms with Gasteiger partial charge in [0.2, 0.25) is 5.03 Å². The van der Waals surface area contributed by atoms with Crippen LogP contribution in [0.1, 0.15) is 12.8 Å². The van der Waals surface area contributed by atoms with E-state index in [0.717, 1.165) is 19.4 Å². The highest BCUT2D eigenvalue weighted by Gasteiger charge is 2.25. The highest BCUT2D eigenvalue weighted by molar-refractivity contribution is 9.10. The van der Waals surface area contributed by atoms with E-state index < -0.39 is 10.0 Å². The van der Waals surface area contributed by atoms with Crippen molar-refractivity contribution in [1.82, 2.24) is 25.0 Å². The maximum absolute atomic E-state index is 12.0. The highest BCUT2D eigenvalue weighted by Crippen LogP contribution is 2.17. The summed E-state index contributed by atoms with van der Waals surface area (Å²) in [4.78, 5) is 0. The summed E-state index contributed by atoms with van der Waals surface area (Å²) in [6.07, 6.45) is 2.08. The molecule has 1 aromatic heterocycles. The van der Waals surface area contributed by atoms with Gasteiger partial charge in [-0.2, -0.15) is 0 Å². The summed E-state index contributed by atoms with van der Waals surface area (Å²) in [7, 11) is -2.02. The van der Waals surface area contributed by atoms with Crippen LogP contribution < -0.4 is 10.0 Å². The monoisotopic (exact) mass is 323 g/mol. The Hall–Kier alpha value is -0.510. The quantitative estimate of drug-likeness (QED) is 0.787. The molecule has 1 aliphatic heterocycles. The van der Waals surface area contributed by atoms with Gasteiger partial charge in [0, 0.05) is 19.6 Å². The summed E-state index contributed by atoms with van der Waals surface area (Å²) in [6, 6.07) is 0.213. The lowest BCUT2D eigenvalue weighted by Crippen LogP contribution is -2.37. The summed E-state index contributed by atoms with van der Waals surface area (Å²) < 4.78 is 28.1. The molecule has 96 valence electrons. The van der Waals surface area contributed by atoms with Crippen LogP contribution in [0.2, 0.25) is 0 Å². The summed E-state index contributed by atoms with van der Waals surface area (Å²) in [5, 5.41) is 10.6. The number of nitrogens with one attached hydrogen (secondary N) is 2. The molecule has 2 heterocycles. The van der Waals surface area contributed by atoms with E-state index in [-0.39, 0.29) is 15.7 Å². The number of sulfonamides is 1. The Labute approximate surface area is 108 Å². The smallest absolute Gasteiger partial charge is 0.260 e. The molecular weight excluding hydrogens is 310 g/mol. The van der Waals surface area contributed by atoms with Crippen LogP contribution in [0.25, 0.3) is 0 Å². The van der Waals surface area contributed by atoms with E-state index in [4.69, 9.17) is 0 Å². The Bertz CT molecular complexity index is 475. The number of nitrogens with zero attached hydrogens (tertiary/aromatic N) is 3.